The molecule has 0 aliphatic carbocycles. The number of aliphatic carboxylic acids is 2. The molecular weight excluding hydrogens is 480 g/mol. The standard InChI is InChI=1S/C26H32N4O5S/c31-22(32)18-30-26(27-28-29-30)36-24(23(33)25(34)35)21-17-11-10-16-20(21)15-9-4-2-1-3-6-12-19-13-7-5-8-14-19/h5,7-8,10-11,13-14,16-17,23-24,33H,1-4,6,9,12,15,18H2,(H,31,32)(H,34,35). The number of hydrogen-bond donors (Lipinski definition) is 3. The molecule has 0 fully saturated rings. The molecule has 0 aliphatic rings. The molecule has 36 heavy (non-hydrogen) atoms. The Hall–Kier alpha value is -3.24. The third-order valence-electron chi connectivity index (χ3n) is 5.92. The average Bonchev–Trinajstić information content (AvgIpc) is 3.30. The Labute approximate surface area is 214 Å². The van der Waals surface area contributed by atoms with Crippen LogP contribution in [0.4, 0.5) is 0 Å². The van der Waals surface area contributed by atoms with Crippen LogP contribution in [0.25, 0.3) is 0 Å². The van der Waals surface area contributed by atoms with Gasteiger partial charge in [0.25, 0.3) is 0 Å². The van der Waals surface area contributed by atoms with E-state index in [1.807, 2.05) is 18.2 Å². The van der Waals surface area contributed by atoms with E-state index in [2.05, 4.69) is 39.8 Å². The summed E-state index contributed by atoms with van der Waals surface area (Å²) in [5.41, 5.74) is 3.02. The number of benzene rings is 2. The minimum absolute atomic E-state index is 0.132. The number of unbranched alkanes of at least 4 members (excludes halogenated alkanes) is 5. The summed E-state index contributed by atoms with van der Waals surface area (Å²) in [6, 6.07) is 17.9. The van der Waals surface area contributed by atoms with Gasteiger partial charge in [-0.15, -0.1) is 5.10 Å². The number of carbonyl (C=O) groups is 2. The maximum absolute atomic E-state index is 11.7. The summed E-state index contributed by atoms with van der Waals surface area (Å²) in [7, 11) is 0. The minimum atomic E-state index is -1.71. The van der Waals surface area contributed by atoms with Crippen LogP contribution < -0.4 is 0 Å². The Morgan fingerprint density at radius 2 is 1.50 bits per heavy atom. The Morgan fingerprint density at radius 3 is 2.19 bits per heavy atom. The van der Waals surface area contributed by atoms with Crippen molar-refractivity contribution in [1.82, 2.24) is 20.2 Å². The topological polar surface area (TPSA) is 138 Å². The lowest BCUT2D eigenvalue weighted by atomic mass is 9.96. The highest BCUT2D eigenvalue weighted by Crippen LogP contribution is 2.39. The van der Waals surface area contributed by atoms with Crippen LogP contribution in [-0.4, -0.2) is 53.6 Å². The van der Waals surface area contributed by atoms with Crippen molar-refractivity contribution in [2.45, 2.75) is 74.4 Å². The van der Waals surface area contributed by atoms with Crippen LogP contribution in [-0.2, 0) is 29.0 Å². The first-order chi connectivity index (χ1) is 17.5. The third kappa shape index (κ3) is 8.46. The van der Waals surface area contributed by atoms with Crippen LogP contribution in [0.5, 0.6) is 0 Å². The Bertz CT molecular complexity index is 1110. The van der Waals surface area contributed by atoms with Crippen molar-refractivity contribution < 1.29 is 24.9 Å². The molecule has 9 nitrogen and oxygen atoms in total. The molecule has 0 saturated carbocycles. The predicted molar refractivity (Wildman–Crippen MR) is 136 cm³/mol. The van der Waals surface area contributed by atoms with E-state index >= 15 is 0 Å². The molecule has 0 bridgehead atoms. The van der Waals surface area contributed by atoms with E-state index < -0.39 is 29.8 Å². The van der Waals surface area contributed by atoms with E-state index in [0.29, 0.717) is 5.56 Å². The van der Waals surface area contributed by atoms with Gasteiger partial charge in [-0.1, -0.05) is 92.0 Å². The highest BCUT2D eigenvalue weighted by Gasteiger charge is 2.32. The van der Waals surface area contributed by atoms with E-state index in [-0.39, 0.29) is 5.16 Å². The zero-order valence-corrected chi connectivity index (χ0v) is 20.9. The lowest BCUT2D eigenvalue weighted by Gasteiger charge is -2.22. The molecular formula is C26H32N4O5S. The first-order valence-electron chi connectivity index (χ1n) is 12.1. The van der Waals surface area contributed by atoms with Crippen LogP contribution in [0.15, 0.2) is 59.8 Å². The molecule has 2 aromatic carbocycles. The normalized spacial score (nSPS) is 12.8. The first kappa shape index (κ1) is 27.3. The molecule has 1 aromatic heterocycles. The largest absolute Gasteiger partial charge is 0.480 e. The molecule has 3 aromatic rings. The fourth-order valence-corrected chi connectivity index (χ4v) is 5.22. The maximum Gasteiger partial charge on any atom is 0.334 e. The van der Waals surface area contributed by atoms with E-state index in [1.165, 1.54) is 24.8 Å². The fraction of sp³-hybridized carbons (Fsp3) is 0.423. The van der Waals surface area contributed by atoms with Crippen molar-refractivity contribution >= 4 is 23.7 Å². The van der Waals surface area contributed by atoms with Gasteiger partial charge < -0.3 is 15.3 Å². The number of carboxylic acids is 2. The van der Waals surface area contributed by atoms with Crippen LogP contribution in [0, 0.1) is 0 Å². The predicted octanol–water partition coefficient (Wildman–Crippen LogP) is 4.16. The number of aliphatic hydroxyl groups is 1. The molecule has 192 valence electrons. The highest BCUT2D eigenvalue weighted by molar-refractivity contribution is 7.99. The fourth-order valence-electron chi connectivity index (χ4n) is 4.09. The van der Waals surface area contributed by atoms with E-state index in [0.717, 1.165) is 54.1 Å². The molecule has 0 saturated heterocycles. The molecule has 3 N–H and O–H groups in total. The van der Waals surface area contributed by atoms with E-state index in [9.17, 15) is 19.8 Å². The van der Waals surface area contributed by atoms with Crippen molar-refractivity contribution in [2.24, 2.45) is 0 Å². The number of hydrogen-bond acceptors (Lipinski definition) is 7. The molecule has 2 atom stereocenters. The number of carboxylic acid groups (broad SMARTS) is 2. The van der Waals surface area contributed by atoms with Gasteiger partial charge in [0.1, 0.15) is 6.54 Å². The molecule has 10 heteroatoms. The summed E-state index contributed by atoms with van der Waals surface area (Å²) in [5.74, 6) is -2.49. The van der Waals surface area contributed by atoms with Crippen LogP contribution in [0.3, 0.4) is 0 Å². The summed E-state index contributed by atoms with van der Waals surface area (Å²) < 4.78 is 1.08. The Balaban J connectivity index is 1.56. The summed E-state index contributed by atoms with van der Waals surface area (Å²) in [4.78, 5) is 22.8. The van der Waals surface area contributed by atoms with Gasteiger partial charge in [0.15, 0.2) is 6.10 Å². The number of aromatic nitrogens is 4. The third-order valence-corrected chi connectivity index (χ3v) is 7.19. The lowest BCUT2D eigenvalue weighted by Crippen LogP contribution is -2.27. The number of rotatable bonds is 16. The van der Waals surface area contributed by atoms with Gasteiger partial charge in [0.2, 0.25) is 5.16 Å². The van der Waals surface area contributed by atoms with Crippen molar-refractivity contribution in [3.63, 3.8) is 0 Å². The second kappa shape index (κ2) is 14.4. The van der Waals surface area contributed by atoms with Crippen LogP contribution >= 0.6 is 11.8 Å². The van der Waals surface area contributed by atoms with Crippen molar-refractivity contribution in [2.75, 3.05) is 0 Å². The number of tetrazole rings is 1. The summed E-state index contributed by atoms with van der Waals surface area (Å²) in [6.07, 6.45) is 6.85. The summed E-state index contributed by atoms with van der Waals surface area (Å²) in [5, 5.41) is 39.3. The molecule has 0 spiro atoms. The van der Waals surface area contributed by atoms with Crippen molar-refractivity contribution in [3.05, 3.63) is 71.3 Å². The summed E-state index contributed by atoms with van der Waals surface area (Å²) in [6.45, 7) is -0.460. The average molecular weight is 513 g/mol. The molecule has 2 unspecified atom stereocenters. The smallest absolute Gasteiger partial charge is 0.334 e. The maximum atomic E-state index is 11.7. The second-order valence-corrected chi connectivity index (χ2v) is 9.75. The summed E-state index contributed by atoms with van der Waals surface area (Å²) >= 11 is 0.951. The zero-order valence-electron chi connectivity index (χ0n) is 20.1. The number of aliphatic hydroxyl groups excluding tert-OH is 1. The zero-order chi connectivity index (χ0) is 25.8. The number of nitrogens with zero attached hydrogens (tertiary/aromatic N) is 4. The van der Waals surface area contributed by atoms with Gasteiger partial charge in [0, 0.05) is 0 Å². The van der Waals surface area contributed by atoms with Gasteiger partial charge in [-0.25, -0.2) is 9.48 Å². The Morgan fingerprint density at radius 1 is 0.861 bits per heavy atom. The molecule has 1 heterocycles. The number of aryl methyl sites for hydroxylation is 2. The van der Waals surface area contributed by atoms with Crippen molar-refractivity contribution in [3.8, 4) is 0 Å². The Kier molecular flexibility index (Phi) is 10.9. The SMILES string of the molecule is O=C(O)Cn1nnnc1SC(c1ccccc1CCCCCCCCc1ccccc1)C(O)C(=O)O. The van der Waals surface area contributed by atoms with Gasteiger partial charge in [0.05, 0.1) is 5.25 Å². The van der Waals surface area contributed by atoms with E-state index in [4.69, 9.17) is 5.11 Å². The quantitative estimate of drug-likeness (QED) is 0.191. The molecule has 0 amide bonds. The van der Waals surface area contributed by atoms with Crippen LogP contribution in [0.2, 0.25) is 0 Å². The van der Waals surface area contributed by atoms with Gasteiger partial charge in [-0.05, 0) is 52.8 Å². The molecule has 3 rings (SSSR count). The van der Waals surface area contributed by atoms with Gasteiger partial charge in [-0.3, -0.25) is 4.79 Å². The first-order valence-corrected chi connectivity index (χ1v) is 13.0. The van der Waals surface area contributed by atoms with Gasteiger partial charge in [-0.2, -0.15) is 0 Å². The van der Waals surface area contributed by atoms with E-state index in [1.54, 1.807) is 12.1 Å². The molecule has 0 radical (unpaired) electrons. The lowest BCUT2D eigenvalue weighted by molar-refractivity contribution is -0.146. The van der Waals surface area contributed by atoms with Crippen molar-refractivity contribution in [1.29, 1.82) is 0 Å². The minimum Gasteiger partial charge on any atom is -0.480 e. The second-order valence-electron chi connectivity index (χ2n) is 8.64. The monoisotopic (exact) mass is 512 g/mol. The van der Waals surface area contributed by atoms with Gasteiger partial charge >= 0.3 is 11.9 Å². The van der Waals surface area contributed by atoms with Crippen LogP contribution in [0.1, 0.15) is 60.5 Å². The number of thioether (sulfide) groups is 1. The molecule has 0 aliphatic heterocycles. The highest BCUT2D eigenvalue weighted by atomic mass is 32.2.